The number of carbonyl (C=O) groups excluding carboxylic acids is 1. The zero-order valence-electron chi connectivity index (χ0n) is 11.6. The maximum atomic E-state index is 12.1. The van der Waals surface area contributed by atoms with Crippen LogP contribution >= 0.6 is 15.9 Å². The first-order valence-corrected chi connectivity index (χ1v) is 7.51. The zero-order chi connectivity index (χ0) is 13.9. The van der Waals surface area contributed by atoms with Gasteiger partial charge in [-0.1, -0.05) is 46.3 Å². The van der Waals surface area contributed by atoms with Gasteiger partial charge >= 0.3 is 0 Å². The molecule has 3 nitrogen and oxygen atoms in total. The van der Waals surface area contributed by atoms with E-state index in [1.165, 1.54) is 5.56 Å². The van der Waals surface area contributed by atoms with Crippen LogP contribution in [-0.2, 0) is 11.3 Å². The van der Waals surface area contributed by atoms with Crippen molar-refractivity contribution in [3.63, 3.8) is 0 Å². The number of nitrogens with zero attached hydrogens (tertiary/aromatic N) is 2. The monoisotopic (exact) mass is 324 g/mol. The number of rotatable bonds is 3. The zero-order valence-corrected chi connectivity index (χ0v) is 13.2. The van der Waals surface area contributed by atoms with Crippen molar-refractivity contribution < 1.29 is 4.79 Å². The highest BCUT2D eigenvalue weighted by Crippen LogP contribution is 2.20. The lowest BCUT2D eigenvalue weighted by atomic mass is 10.1. The van der Waals surface area contributed by atoms with Gasteiger partial charge in [-0.25, -0.2) is 0 Å². The molecule has 1 fully saturated rings. The first-order valence-electron chi connectivity index (χ1n) is 6.71. The van der Waals surface area contributed by atoms with Gasteiger partial charge in [-0.15, -0.1) is 0 Å². The molecule has 1 aromatic rings. The minimum absolute atomic E-state index is 0.187. The summed E-state index contributed by atoms with van der Waals surface area (Å²) in [4.78, 5) is 16.5. The summed E-state index contributed by atoms with van der Waals surface area (Å²) in [6.45, 7) is 8.33. The van der Waals surface area contributed by atoms with Gasteiger partial charge in [-0.2, -0.15) is 0 Å². The van der Waals surface area contributed by atoms with E-state index >= 15 is 0 Å². The molecular weight excluding hydrogens is 304 g/mol. The Kier molecular flexibility index (Phi) is 4.63. The Morgan fingerprint density at radius 1 is 1.16 bits per heavy atom. The van der Waals surface area contributed by atoms with Crippen LogP contribution in [0.25, 0.3) is 0 Å². The fourth-order valence-electron chi connectivity index (χ4n) is 2.33. The molecule has 1 amide bonds. The second-order valence-electron chi connectivity index (χ2n) is 5.53. The molecule has 1 aliphatic heterocycles. The number of alkyl halides is 1. The standard InChI is InChI=1S/C15H21BrN2O/c1-15(2,16)14(19)18-10-8-17(9-11-18)12-13-6-4-3-5-7-13/h3-7H,8-12H2,1-2H3. The Hall–Kier alpha value is -0.870. The molecule has 0 spiro atoms. The van der Waals surface area contributed by atoms with Gasteiger partial charge in [-0.3, -0.25) is 9.69 Å². The summed E-state index contributed by atoms with van der Waals surface area (Å²) in [5.74, 6) is 0.187. The van der Waals surface area contributed by atoms with Crippen LogP contribution in [0.2, 0.25) is 0 Å². The van der Waals surface area contributed by atoms with Gasteiger partial charge in [0, 0.05) is 32.7 Å². The number of hydrogen-bond donors (Lipinski definition) is 0. The lowest BCUT2D eigenvalue weighted by Crippen LogP contribution is -2.52. The lowest BCUT2D eigenvalue weighted by Gasteiger charge is -2.37. The summed E-state index contributed by atoms with van der Waals surface area (Å²) in [5, 5.41) is 0. The number of benzene rings is 1. The minimum atomic E-state index is -0.450. The van der Waals surface area contributed by atoms with Crippen molar-refractivity contribution in [3.8, 4) is 0 Å². The van der Waals surface area contributed by atoms with E-state index in [2.05, 4.69) is 45.1 Å². The van der Waals surface area contributed by atoms with Crippen molar-refractivity contribution in [1.29, 1.82) is 0 Å². The highest BCUT2D eigenvalue weighted by molar-refractivity contribution is 9.10. The van der Waals surface area contributed by atoms with Crippen molar-refractivity contribution >= 4 is 21.8 Å². The van der Waals surface area contributed by atoms with Gasteiger partial charge in [0.05, 0.1) is 4.32 Å². The van der Waals surface area contributed by atoms with E-state index in [1.807, 2.05) is 24.8 Å². The van der Waals surface area contributed by atoms with Crippen LogP contribution in [0, 0.1) is 0 Å². The molecule has 1 aromatic carbocycles. The topological polar surface area (TPSA) is 23.6 Å². The quantitative estimate of drug-likeness (QED) is 0.797. The summed E-state index contributed by atoms with van der Waals surface area (Å²) >= 11 is 3.44. The number of amides is 1. The van der Waals surface area contributed by atoms with E-state index in [0.29, 0.717) is 0 Å². The normalized spacial score (nSPS) is 17.5. The molecule has 0 radical (unpaired) electrons. The first kappa shape index (κ1) is 14.5. The molecule has 1 saturated heterocycles. The van der Waals surface area contributed by atoms with Gasteiger partial charge in [0.2, 0.25) is 5.91 Å². The van der Waals surface area contributed by atoms with Crippen LogP contribution in [0.5, 0.6) is 0 Å². The van der Waals surface area contributed by atoms with Crippen molar-refractivity contribution in [3.05, 3.63) is 35.9 Å². The third-order valence-electron chi connectivity index (χ3n) is 3.42. The molecule has 104 valence electrons. The molecule has 1 heterocycles. The van der Waals surface area contributed by atoms with E-state index in [9.17, 15) is 4.79 Å². The predicted molar refractivity (Wildman–Crippen MR) is 81.3 cm³/mol. The van der Waals surface area contributed by atoms with Gasteiger partial charge in [0.1, 0.15) is 0 Å². The molecule has 2 rings (SSSR count). The molecule has 0 aromatic heterocycles. The Labute approximate surface area is 123 Å². The van der Waals surface area contributed by atoms with E-state index in [-0.39, 0.29) is 5.91 Å². The fourth-order valence-corrected chi connectivity index (χ4v) is 2.58. The van der Waals surface area contributed by atoms with Crippen molar-refractivity contribution in [2.75, 3.05) is 26.2 Å². The molecule has 0 bridgehead atoms. The summed E-state index contributed by atoms with van der Waals surface area (Å²) in [6.07, 6.45) is 0. The highest BCUT2D eigenvalue weighted by Gasteiger charge is 2.31. The van der Waals surface area contributed by atoms with E-state index < -0.39 is 4.32 Å². The van der Waals surface area contributed by atoms with Crippen LogP contribution < -0.4 is 0 Å². The predicted octanol–water partition coefficient (Wildman–Crippen LogP) is 2.50. The molecule has 1 aliphatic rings. The third-order valence-corrected chi connectivity index (χ3v) is 3.76. The highest BCUT2D eigenvalue weighted by atomic mass is 79.9. The first-order chi connectivity index (χ1) is 8.97. The number of hydrogen-bond acceptors (Lipinski definition) is 2. The second-order valence-corrected chi connectivity index (χ2v) is 7.51. The van der Waals surface area contributed by atoms with Crippen LogP contribution in [0.3, 0.4) is 0 Å². The van der Waals surface area contributed by atoms with Gasteiger partial charge < -0.3 is 4.90 Å². The van der Waals surface area contributed by atoms with Gasteiger partial charge in [0.15, 0.2) is 0 Å². The van der Waals surface area contributed by atoms with Crippen LogP contribution in [0.1, 0.15) is 19.4 Å². The minimum Gasteiger partial charge on any atom is -0.339 e. The molecule has 0 aliphatic carbocycles. The van der Waals surface area contributed by atoms with E-state index in [0.717, 1.165) is 32.7 Å². The Morgan fingerprint density at radius 2 is 1.74 bits per heavy atom. The molecule has 4 heteroatoms. The number of piperazine rings is 1. The molecule has 19 heavy (non-hydrogen) atoms. The fraction of sp³-hybridized carbons (Fsp3) is 0.533. The average molecular weight is 325 g/mol. The van der Waals surface area contributed by atoms with Gasteiger partial charge in [-0.05, 0) is 19.4 Å². The van der Waals surface area contributed by atoms with E-state index in [1.54, 1.807) is 0 Å². The Morgan fingerprint density at radius 3 is 2.26 bits per heavy atom. The average Bonchev–Trinajstić information content (AvgIpc) is 2.39. The summed E-state index contributed by atoms with van der Waals surface area (Å²) in [5.41, 5.74) is 1.34. The van der Waals surface area contributed by atoms with Crippen LogP contribution in [-0.4, -0.2) is 46.2 Å². The smallest absolute Gasteiger partial charge is 0.238 e. The van der Waals surface area contributed by atoms with E-state index in [4.69, 9.17) is 0 Å². The molecule has 0 unspecified atom stereocenters. The van der Waals surface area contributed by atoms with Crippen molar-refractivity contribution in [1.82, 2.24) is 9.80 Å². The largest absolute Gasteiger partial charge is 0.339 e. The summed E-state index contributed by atoms with van der Waals surface area (Å²) in [7, 11) is 0. The van der Waals surface area contributed by atoms with Crippen LogP contribution in [0.4, 0.5) is 0 Å². The Balaban J connectivity index is 1.85. The van der Waals surface area contributed by atoms with Crippen LogP contribution in [0.15, 0.2) is 30.3 Å². The van der Waals surface area contributed by atoms with Gasteiger partial charge in [0.25, 0.3) is 0 Å². The molecule has 0 N–H and O–H groups in total. The SMILES string of the molecule is CC(C)(Br)C(=O)N1CCN(Cc2ccccc2)CC1. The molecule has 0 atom stereocenters. The Bertz CT molecular complexity index is 420. The molecular formula is C15H21BrN2O. The number of halogens is 1. The van der Waals surface area contributed by atoms with Crippen molar-refractivity contribution in [2.45, 2.75) is 24.7 Å². The van der Waals surface area contributed by atoms with Crippen molar-refractivity contribution in [2.24, 2.45) is 0 Å². The number of carbonyl (C=O) groups is 1. The summed E-state index contributed by atoms with van der Waals surface area (Å²) in [6, 6.07) is 10.5. The third kappa shape index (κ3) is 4.05. The lowest BCUT2D eigenvalue weighted by molar-refractivity contribution is -0.134. The maximum Gasteiger partial charge on any atom is 0.238 e. The molecule has 0 saturated carbocycles. The second kappa shape index (κ2) is 6.06. The maximum absolute atomic E-state index is 12.1. The summed E-state index contributed by atoms with van der Waals surface area (Å²) < 4.78 is -0.450.